The molecule has 0 radical (unpaired) electrons. The predicted octanol–water partition coefficient (Wildman–Crippen LogP) is 2.08. The normalized spacial score (nSPS) is 9.78. The van der Waals surface area contributed by atoms with Crippen LogP contribution in [0, 0.1) is 0 Å². The summed E-state index contributed by atoms with van der Waals surface area (Å²) in [6, 6.07) is 10.1. The Morgan fingerprint density at radius 1 is 1.17 bits per heavy atom. The van der Waals surface area contributed by atoms with Crippen LogP contribution in [0.2, 0.25) is 0 Å². The molecule has 0 spiro atoms. The van der Waals surface area contributed by atoms with E-state index in [2.05, 4.69) is 44.5 Å². The number of anilines is 2. The maximum atomic E-state index is 4.28. The molecular weight excluding hydrogens is 226 g/mol. The first kappa shape index (κ1) is 12.0. The van der Waals surface area contributed by atoms with E-state index in [1.54, 1.807) is 12.3 Å². The van der Waals surface area contributed by atoms with Crippen LogP contribution < -0.4 is 10.6 Å². The van der Waals surface area contributed by atoms with Gasteiger partial charge in [0, 0.05) is 13.1 Å². The Bertz CT molecular complexity index is 498. The van der Waals surface area contributed by atoms with Crippen molar-refractivity contribution in [3.63, 3.8) is 0 Å². The third-order valence-electron chi connectivity index (χ3n) is 2.28. The molecule has 2 aromatic rings. The van der Waals surface area contributed by atoms with Crippen molar-refractivity contribution in [2.45, 2.75) is 6.54 Å². The Balaban J connectivity index is 1.95. The van der Waals surface area contributed by atoms with Crippen LogP contribution in [0.5, 0.6) is 0 Å². The maximum absolute atomic E-state index is 4.28. The minimum absolute atomic E-state index is 0.493. The highest BCUT2D eigenvalue weighted by Gasteiger charge is 1.99. The molecule has 0 saturated heterocycles. The summed E-state index contributed by atoms with van der Waals surface area (Å²) in [6.07, 6.45) is 3.34. The van der Waals surface area contributed by atoms with Crippen LogP contribution in [0.3, 0.4) is 0 Å². The van der Waals surface area contributed by atoms with Crippen LogP contribution in [-0.2, 0) is 6.54 Å². The van der Waals surface area contributed by atoms with Gasteiger partial charge in [-0.05, 0) is 5.56 Å². The minimum atomic E-state index is 0.493. The van der Waals surface area contributed by atoms with Gasteiger partial charge in [0.1, 0.15) is 0 Å². The van der Waals surface area contributed by atoms with Gasteiger partial charge in [-0.25, -0.2) is 0 Å². The molecule has 0 aliphatic carbocycles. The number of hydrogen-bond acceptors (Lipinski definition) is 5. The standard InChI is InChI=1S/C13H15N5/c1-2-8-14-13-17-12(10-16-18-13)15-9-11-6-4-3-5-7-11/h2-7,10H,1,8-9H2,(H2,14,15,17,18). The van der Waals surface area contributed by atoms with E-state index >= 15 is 0 Å². The van der Waals surface area contributed by atoms with Gasteiger partial charge in [-0.3, -0.25) is 0 Å². The Morgan fingerprint density at radius 2 is 2.00 bits per heavy atom. The number of nitrogens with zero attached hydrogens (tertiary/aromatic N) is 3. The summed E-state index contributed by atoms with van der Waals surface area (Å²) in [5.74, 6) is 1.19. The van der Waals surface area contributed by atoms with E-state index < -0.39 is 0 Å². The highest BCUT2D eigenvalue weighted by Crippen LogP contribution is 2.06. The van der Waals surface area contributed by atoms with E-state index in [1.165, 1.54) is 5.56 Å². The quantitative estimate of drug-likeness (QED) is 0.758. The van der Waals surface area contributed by atoms with E-state index in [0.717, 1.165) is 0 Å². The Kier molecular flexibility index (Phi) is 4.24. The highest BCUT2D eigenvalue weighted by atomic mass is 15.3. The van der Waals surface area contributed by atoms with Crippen molar-refractivity contribution in [1.29, 1.82) is 0 Å². The van der Waals surface area contributed by atoms with E-state index in [-0.39, 0.29) is 0 Å². The summed E-state index contributed by atoms with van der Waals surface area (Å²) in [5, 5.41) is 13.9. The number of rotatable bonds is 6. The van der Waals surface area contributed by atoms with Crippen molar-refractivity contribution in [3.8, 4) is 0 Å². The molecule has 0 saturated carbocycles. The second-order valence-electron chi connectivity index (χ2n) is 3.67. The fourth-order valence-electron chi connectivity index (χ4n) is 1.42. The topological polar surface area (TPSA) is 62.7 Å². The minimum Gasteiger partial charge on any atom is -0.365 e. The molecule has 2 N–H and O–H groups in total. The van der Waals surface area contributed by atoms with Crippen LogP contribution in [0.1, 0.15) is 5.56 Å². The van der Waals surface area contributed by atoms with Gasteiger partial charge in [0.25, 0.3) is 0 Å². The molecule has 2 rings (SSSR count). The Hall–Kier alpha value is -2.43. The fourth-order valence-corrected chi connectivity index (χ4v) is 1.42. The SMILES string of the molecule is C=CCNc1nncc(NCc2ccccc2)n1. The molecule has 0 amide bonds. The second kappa shape index (κ2) is 6.34. The zero-order chi connectivity index (χ0) is 12.6. The van der Waals surface area contributed by atoms with Crippen LogP contribution in [0.25, 0.3) is 0 Å². The zero-order valence-electron chi connectivity index (χ0n) is 10.0. The molecule has 1 aromatic heterocycles. The van der Waals surface area contributed by atoms with Crippen LogP contribution in [-0.4, -0.2) is 21.7 Å². The van der Waals surface area contributed by atoms with Gasteiger partial charge in [-0.2, -0.15) is 10.1 Å². The van der Waals surface area contributed by atoms with E-state index in [9.17, 15) is 0 Å². The monoisotopic (exact) mass is 241 g/mol. The van der Waals surface area contributed by atoms with Crippen LogP contribution in [0.15, 0.2) is 49.2 Å². The summed E-state index contributed by atoms with van der Waals surface area (Å²) in [5.41, 5.74) is 1.19. The van der Waals surface area contributed by atoms with Gasteiger partial charge in [-0.1, -0.05) is 36.4 Å². The van der Waals surface area contributed by atoms with Gasteiger partial charge in [0.05, 0.1) is 6.20 Å². The lowest BCUT2D eigenvalue weighted by Gasteiger charge is -2.06. The Morgan fingerprint density at radius 3 is 2.78 bits per heavy atom. The van der Waals surface area contributed by atoms with Crippen LogP contribution >= 0.6 is 0 Å². The average molecular weight is 241 g/mol. The largest absolute Gasteiger partial charge is 0.365 e. The highest BCUT2D eigenvalue weighted by molar-refractivity contribution is 5.38. The molecule has 1 heterocycles. The van der Waals surface area contributed by atoms with Gasteiger partial charge in [0.2, 0.25) is 5.95 Å². The van der Waals surface area contributed by atoms with E-state index in [4.69, 9.17) is 0 Å². The molecule has 0 aliphatic rings. The van der Waals surface area contributed by atoms with Crippen molar-refractivity contribution in [2.24, 2.45) is 0 Å². The Labute approximate surface area is 106 Å². The lowest BCUT2D eigenvalue weighted by atomic mass is 10.2. The van der Waals surface area contributed by atoms with Gasteiger partial charge in [-0.15, -0.1) is 11.7 Å². The van der Waals surface area contributed by atoms with Crippen molar-refractivity contribution >= 4 is 11.8 Å². The number of aromatic nitrogens is 3. The maximum Gasteiger partial charge on any atom is 0.244 e. The van der Waals surface area contributed by atoms with Crippen molar-refractivity contribution < 1.29 is 0 Å². The molecule has 0 bridgehead atoms. The van der Waals surface area contributed by atoms with E-state index in [0.29, 0.717) is 24.9 Å². The first-order chi connectivity index (χ1) is 8.88. The number of hydrogen-bond donors (Lipinski definition) is 2. The summed E-state index contributed by atoms with van der Waals surface area (Å²) in [7, 11) is 0. The van der Waals surface area contributed by atoms with Crippen molar-refractivity contribution in [2.75, 3.05) is 17.2 Å². The molecule has 0 unspecified atom stereocenters. The van der Waals surface area contributed by atoms with Gasteiger partial charge < -0.3 is 10.6 Å². The molecule has 5 nitrogen and oxygen atoms in total. The molecule has 92 valence electrons. The summed E-state index contributed by atoms with van der Waals surface area (Å²) >= 11 is 0. The lowest BCUT2D eigenvalue weighted by Crippen LogP contribution is -2.07. The first-order valence-corrected chi connectivity index (χ1v) is 5.71. The molecule has 0 atom stereocenters. The second-order valence-corrected chi connectivity index (χ2v) is 3.67. The summed E-state index contributed by atoms with van der Waals surface area (Å²) in [4.78, 5) is 4.28. The molecule has 0 aliphatic heterocycles. The molecule has 5 heteroatoms. The number of nitrogens with one attached hydrogen (secondary N) is 2. The van der Waals surface area contributed by atoms with Gasteiger partial charge in [0.15, 0.2) is 5.82 Å². The molecule has 1 aromatic carbocycles. The summed E-state index contributed by atoms with van der Waals surface area (Å²) in [6.45, 7) is 4.94. The first-order valence-electron chi connectivity index (χ1n) is 5.71. The fraction of sp³-hybridized carbons (Fsp3) is 0.154. The lowest BCUT2D eigenvalue weighted by molar-refractivity contribution is 0.953. The smallest absolute Gasteiger partial charge is 0.244 e. The van der Waals surface area contributed by atoms with E-state index in [1.807, 2.05) is 18.2 Å². The third-order valence-corrected chi connectivity index (χ3v) is 2.28. The predicted molar refractivity (Wildman–Crippen MR) is 72.3 cm³/mol. The molecule has 18 heavy (non-hydrogen) atoms. The average Bonchev–Trinajstić information content (AvgIpc) is 2.44. The van der Waals surface area contributed by atoms with Gasteiger partial charge >= 0.3 is 0 Å². The van der Waals surface area contributed by atoms with Crippen molar-refractivity contribution in [3.05, 3.63) is 54.7 Å². The molecular formula is C13H15N5. The third kappa shape index (κ3) is 3.55. The van der Waals surface area contributed by atoms with Crippen LogP contribution in [0.4, 0.5) is 11.8 Å². The number of benzene rings is 1. The zero-order valence-corrected chi connectivity index (χ0v) is 10.0. The molecule has 0 fully saturated rings. The summed E-state index contributed by atoms with van der Waals surface area (Å²) < 4.78 is 0. The van der Waals surface area contributed by atoms with Crippen molar-refractivity contribution in [1.82, 2.24) is 15.2 Å².